The maximum Gasteiger partial charge on any atom is 0.328 e. The van der Waals surface area contributed by atoms with E-state index in [4.69, 9.17) is 23.7 Å². The highest BCUT2D eigenvalue weighted by Gasteiger charge is 2.34. The summed E-state index contributed by atoms with van der Waals surface area (Å²) >= 11 is 0. The summed E-state index contributed by atoms with van der Waals surface area (Å²) in [4.78, 5) is 120. The fraction of sp³-hybridized carbons (Fsp3) is 0.393. The summed E-state index contributed by atoms with van der Waals surface area (Å²) in [5.74, 6) is -2.59. The SMILES string of the molecule is C=C1C[C@H]2C=Nc3cc(OCCCC(=O)Nc4cc(C(=O)Nc5ccc(-c6cc(C(=O)NCCCOC(=O)C(C)NC(=O)CCOCCOCCNC(=O)CCN7C(=O)C=CC7=O)n(C)c6)cc5)n(C)c4)c(OC)cc3C(=O)N2C1. The van der Waals surface area contributed by atoms with E-state index in [0.29, 0.717) is 71.3 Å². The number of aliphatic imine (C=N–C) groups is 1. The number of anilines is 2. The lowest BCUT2D eigenvalue weighted by Crippen LogP contribution is -2.40. The molecule has 0 radical (unpaired) electrons. The van der Waals surface area contributed by atoms with Crippen LogP contribution in [0.25, 0.3) is 11.1 Å². The monoisotopic (exact) mass is 1100 g/mol. The van der Waals surface area contributed by atoms with Gasteiger partial charge in [-0.1, -0.05) is 24.3 Å². The first-order chi connectivity index (χ1) is 38.5. The normalized spacial score (nSPS) is 14.8. The van der Waals surface area contributed by atoms with Crippen molar-refractivity contribution in [3.8, 4) is 22.6 Å². The standard InChI is InChI=1S/C56H66N10O14/c1-35-26-41-31-59-43-30-47(46(76-5)29-42(43)55(74)66(41)32-35)79-20-6-8-49(68)61-40-28-45(64(4)34-40)54(73)62-39-11-9-37(10-12-39)38-27-44(63(3)33-38)53(72)58-17-7-21-80-56(75)36(2)60-50(69)16-22-77-24-25-78-23-18-57-48(67)15-19-65-51(70)13-14-52(65)71/h9-14,27-31,33-34,36,41H,1,6-8,15-26,32H2,2-5H3,(H,57,67)(H,58,72)(H,60,69)(H,61,68)(H,62,73)/t36?,41-/m0/s1. The molecule has 5 N–H and O–H groups in total. The highest BCUT2D eigenvalue weighted by Crippen LogP contribution is 2.38. The number of rotatable bonds is 29. The van der Waals surface area contributed by atoms with Crippen LogP contribution in [0.5, 0.6) is 11.5 Å². The van der Waals surface area contributed by atoms with Gasteiger partial charge in [0.05, 0.1) is 69.7 Å². The predicted molar refractivity (Wildman–Crippen MR) is 293 cm³/mol. The van der Waals surface area contributed by atoms with Crippen molar-refractivity contribution in [1.82, 2.24) is 34.9 Å². The van der Waals surface area contributed by atoms with Crippen molar-refractivity contribution in [1.29, 1.82) is 0 Å². The Hall–Kier alpha value is -8.90. The van der Waals surface area contributed by atoms with E-state index in [1.807, 2.05) is 18.3 Å². The lowest BCUT2D eigenvalue weighted by Gasteiger charge is -2.20. The van der Waals surface area contributed by atoms with E-state index in [0.717, 1.165) is 33.8 Å². The van der Waals surface area contributed by atoms with Gasteiger partial charge in [0.2, 0.25) is 17.7 Å². The minimum absolute atomic E-state index is 0.000273. The van der Waals surface area contributed by atoms with Gasteiger partial charge in [0, 0.05) is 108 Å². The molecule has 0 spiro atoms. The number of fused-ring (bicyclic) bond motifs is 2. The van der Waals surface area contributed by atoms with Gasteiger partial charge in [-0.25, -0.2) is 4.79 Å². The van der Waals surface area contributed by atoms with Gasteiger partial charge in [-0.3, -0.25) is 48.2 Å². The molecule has 24 nitrogen and oxygen atoms in total. The number of nitrogens with one attached hydrogen (secondary N) is 5. The van der Waals surface area contributed by atoms with Crippen LogP contribution in [-0.2, 0) is 57.1 Å². The second-order valence-electron chi connectivity index (χ2n) is 19.0. The second kappa shape index (κ2) is 28.1. The van der Waals surface area contributed by atoms with Crippen LogP contribution >= 0.6 is 0 Å². The molecule has 4 aromatic rings. The van der Waals surface area contributed by atoms with Crippen LogP contribution in [0.1, 0.15) is 76.8 Å². The fourth-order valence-corrected chi connectivity index (χ4v) is 8.73. The summed E-state index contributed by atoms with van der Waals surface area (Å²) in [6.45, 7) is 7.38. The summed E-state index contributed by atoms with van der Waals surface area (Å²) in [5.41, 5.74) is 5.14. The van der Waals surface area contributed by atoms with Crippen LogP contribution in [0.3, 0.4) is 0 Å². The third-order valence-electron chi connectivity index (χ3n) is 13.0. The molecule has 1 unspecified atom stereocenters. The maximum atomic E-state index is 13.3. The molecular formula is C56H66N10O14. The van der Waals surface area contributed by atoms with Gasteiger partial charge in [0.15, 0.2) is 11.5 Å². The molecule has 80 heavy (non-hydrogen) atoms. The van der Waals surface area contributed by atoms with Crippen molar-refractivity contribution >= 4 is 76.5 Å². The van der Waals surface area contributed by atoms with E-state index < -0.39 is 29.7 Å². The Morgan fingerprint density at radius 2 is 1.44 bits per heavy atom. The number of methoxy groups -OCH3 is 1. The number of benzene rings is 2. The van der Waals surface area contributed by atoms with E-state index in [-0.39, 0.29) is 114 Å². The van der Waals surface area contributed by atoms with Gasteiger partial charge in [-0.15, -0.1) is 0 Å². The molecule has 424 valence electrons. The Bertz CT molecular complexity index is 3030. The molecule has 7 rings (SSSR count). The Kier molecular flexibility index (Phi) is 20.7. The number of carbonyl (C=O) groups is 9. The smallest absolute Gasteiger partial charge is 0.328 e. The first-order valence-corrected chi connectivity index (χ1v) is 26.1. The zero-order valence-electron chi connectivity index (χ0n) is 45.1. The lowest BCUT2D eigenvalue weighted by molar-refractivity contribution is -0.147. The van der Waals surface area contributed by atoms with Crippen LogP contribution in [-0.4, -0.2) is 163 Å². The topological polar surface area (TPSA) is 289 Å². The summed E-state index contributed by atoms with van der Waals surface area (Å²) in [6, 6.07) is 12.7. The fourth-order valence-electron chi connectivity index (χ4n) is 8.73. The molecule has 8 amide bonds. The predicted octanol–water partition coefficient (Wildman–Crippen LogP) is 3.60. The van der Waals surface area contributed by atoms with Gasteiger partial charge in [0.25, 0.3) is 29.5 Å². The Morgan fingerprint density at radius 3 is 2.19 bits per heavy atom. The average Bonchev–Trinajstić information content (AvgIpc) is 4.19. The van der Waals surface area contributed by atoms with Crippen LogP contribution in [0.2, 0.25) is 0 Å². The van der Waals surface area contributed by atoms with Crippen molar-refractivity contribution in [3.63, 3.8) is 0 Å². The Labute approximate surface area is 461 Å². The summed E-state index contributed by atoms with van der Waals surface area (Å²) in [6.07, 6.45) is 9.03. The van der Waals surface area contributed by atoms with Crippen molar-refractivity contribution in [2.75, 3.05) is 83.6 Å². The largest absolute Gasteiger partial charge is 0.493 e. The van der Waals surface area contributed by atoms with Gasteiger partial charge >= 0.3 is 5.97 Å². The van der Waals surface area contributed by atoms with Crippen LogP contribution in [0.15, 0.2) is 90.2 Å². The molecule has 3 aliphatic rings. The third-order valence-corrected chi connectivity index (χ3v) is 13.0. The zero-order valence-corrected chi connectivity index (χ0v) is 45.1. The lowest BCUT2D eigenvalue weighted by atomic mass is 10.1. The van der Waals surface area contributed by atoms with Crippen molar-refractivity contribution in [3.05, 3.63) is 102 Å². The van der Waals surface area contributed by atoms with Crippen molar-refractivity contribution < 1.29 is 66.8 Å². The van der Waals surface area contributed by atoms with E-state index in [1.165, 1.54) is 14.0 Å². The molecule has 0 bridgehead atoms. The zero-order chi connectivity index (χ0) is 57.3. The molecule has 2 atom stereocenters. The minimum atomic E-state index is -0.906. The van der Waals surface area contributed by atoms with Crippen LogP contribution in [0.4, 0.5) is 17.1 Å². The summed E-state index contributed by atoms with van der Waals surface area (Å²) in [7, 11) is 4.94. The van der Waals surface area contributed by atoms with Crippen molar-refractivity contribution in [2.45, 2.75) is 57.5 Å². The van der Waals surface area contributed by atoms with Crippen molar-refractivity contribution in [2.24, 2.45) is 19.1 Å². The van der Waals surface area contributed by atoms with E-state index >= 15 is 0 Å². The maximum absolute atomic E-state index is 13.3. The summed E-state index contributed by atoms with van der Waals surface area (Å²) in [5, 5.41) is 13.8. The number of hydrogen-bond acceptors (Lipinski definition) is 15. The van der Waals surface area contributed by atoms with Gasteiger partial charge in [-0.2, -0.15) is 0 Å². The summed E-state index contributed by atoms with van der Waals surface area (Å²) < 4.78 is 30.9. The number of aromatic nitrogens is 2. The molecule has 5 heterocycles. The quantitative estimate of drug-likeness (QED) is 0.0225. The number of esters is 1. The molecule has 2 aromatic carbocycles. The third kappa shape index (κ3) is 16.1. The number of carbonyl (C=O) groups excluding carboxylic acids is 9. The van der Waals surface area contributed by atoms with Crippen LogP contribution < -0.4 is 36.1 Å². The molecule has 2 aromatic heterocycles. The molecular weight excluding hydrogens is 1040 g/mol. The highest BCUT2D eigenvalue weighted by atomic mass is 16.5. The molecule has 1 fully saturated rings. The number of hydrogen-bond donors (Lipinski definition) is 5. The molecule has 0 aliphatic carbocycles. The minimum Gasteiger partial charge on any atom is -0.493 e. The number of nitrogens with zero attached hydrogens (tertiary/aromatic N) is 5. The first-order valence-electron chi connectivity index (χ1n) is 26.1. The number of aryl methyl sites for hydroxylation is 2. The van der Waals surface area contributed by atoms with Crippen LogP contribution in [0, 0.1) is 0 Å². The number of ether oxygens (including phenoxy) is 5. The molecule has 0 saturated carbocycles. The van der Waals surface area contributed by atoms with E-state index in [1.54, 1.807) is 76.9 Å². The average molecular weight is 1100 g/mol. The van der Waals surface area contributed by atoms with E-state index in [2.05, 4.69) is 38.2 Å². The molecule has 3 aliphatic heterocycles. The van der Waals surface area contributed by atoms with Gasteiger partial charge in [-0.05, 0) is 62.1 Å². The van der Waals surface area contributed by atoms with Gasteiger partial charge in [0.1, 0.15) is 17.4 Å². The molecule has 1 saturated heterocycles. The highest BCUT2D eigenvalue weighted by molar-refractivity contribution is 6.13. The van der Waals surface area contributed by atoms with E-state index in [9.17, 15) is 43.2 Å². The number of imide groups is 1. The Balaban J connectivity index is 0.736. The number of amides is 8. The second-order valence-corrected chi connectivity index (χ2v) is 19.0. The van der Waals surface area contributed by atoms with Gasteiger partial charge < -0.3 is 64.3 Å². The Morgan fingerprint density at radius 1 is 0.713 bits per heavy atom. The first kappa shape index (κ1) is 58.8. The molecule has 24 heteroatoms.